The number of rotatable bonds is 3. The third-order valence-corrected chi connectivity index (χ3v) is 3.65. The van der Waals surface area contributed by atoms with Gasteiger partial charge in [0.05, 0.1) is 16.6 Å². The Kier molecular flexibility index (Phi) is 4.98. The maximum atomic E-state index is 12.1. The van der Waals surface area contributed by atoms with Crippen LogP contribution in [0.2, 0.25) is 5.02 Å². The molecule has 0 aliphatic carbocycles. The van der Waals surface area contributed by atoms with E-state index in [1.165, 1.54) is 0 Å². The fourth-order valence-corrected chi connectivity index (χ4v) is 2.48. The molecular weight excluding hydrogens is 278 g/mol. The quantitative estimate of drug-likeness (QED) is 0.796. The van der Waals surface area contributed by atoms with Gasteiger partial charge in [-0.15, -0.1) is 0 Å². The minimum absolute atomic E-state index is 0.0616. The van der Waals surface area contributed by atoms with Crippen molar-refractivity contribution in [3.63, 3.8) is 0 Å². The first-order valence-electron chi connectivity index (χ1n) is 6.67. The Bertz CT molecular complexity index is 513. The van der Waals surface area contributed by atoms with Gasteiger partial charge in [-0.2, -0.15) is 0 Å². The molecule has 0 radical (unpaired) electrons. The number of carbonyl (C=O) groups is 2. The van der Waals surface area contributed by atoms with Gasteiger partial charge in [0, 0.05) is 12.7 Å². The third-order valence-electron chi connectivity index (χ3n) is 3.34. The first-order chi connectivity index (χ1) is 9.61. The highest BCUT2D eigenvalue weighted by atomic mass is 35.5. The van der Waals surface area contributed by atoms with Crippen LogP contribution in [0.4, 0.5) is 5.69 Å². The van der Waals surface area contributed by atoms with Crippen molar-refractivity contribution in [1.82, 2.24) is 10.6 Å². The van der Waals surface area contributed by atoms with Gasteiger partial charge < -0.3 is 16.0 Å². The van der Waals surface area contributed by atoms with Crippen molar-refractivity contribution in [2.45, 2.75) is 25.3 Å². The molecule has 1 atom stereocenters. The van der Waals surface area contributed by atoms with E-state index in [1.807, 2.05) is 0 Å². The van der Waals surface area contributed by atoms with Crippen LogP contribution in [0.25, 0.3) is 0 Å². The topological polar surface area (TPSA) is 70.2 Å². The van der Waals surface area contributed by atoms with Crippen LogP contribution in [0.15, 0.2) is 18.2 Å². The SMILES string of the molecule is CNC(=O)c1ccc(NC(=O)C2CCCCN2)cc1Cl. The Labute approximate surface area is 123 Å². The molecule has 108 valence electrons. The molecule has 1 unspecified atom stereocenters. The summed E-state index contributed by atoms with van der Waals surface area (Å²) in [7, 11) is 1.54. The van der Waals surface area contributed by atoms with E-state index in [9.17, 15) is 9.59 Å². The summed E-state index contributed by atoms with van der Waals surface area (Å²) in [6.45, 7) is 0.869. The van der Waals surface area contributed by atoms with E-state index < -0.39 is 0 Å². The van der Waals surface area contributed by atoms with E-state index in [1.54, 1.807) is 25.2 Å². The summed E-state index contributed by atoms with van der Waals surface area (Å²) in [4.78, 5) is 23.6. The zero-order valence-electron chi connectivity index (χ0n) is 11.3. The van der Waals surface area contributed by atoms with Crippen molar-refractivity contribution in [3.05, 3.63) is 28.8 Å². The number of amides is 2. The molecule has 2 rings (SSSR count). The summed E-state index contributed by atoms with van der Waals surface area (Å²) in [5.41, 5.74) is 0.989. The molecule has 1 aromatic rings. The van der Waals surface area contributed by atoms with Crippen LogP contribution >= 0.6 is 11.6 Å². The number of hydrogen-bond acceptors (Lipinski definition) is 3. The maximum absolute atomic E-state index is 12.1. The van der Waals surface area contributed by atoms with Crippen LogP contribution in [-0.4, -0.2) is 31.4 Å². The lowest BCUT2D eigenvalue weighted by Crippen LogP contribution is -2.43. The summed E-state index contributed by atoms with van der Waals surface area (Å²) >= 11 is 6.04. The molecule has 0 saturated carbocycles. The highest BCUT2D eigenvalue weighted by Crippen LogP contribution is 2.21. The molecule has 6 heteroatoms. The summed E-state index contributed by atoms with van der Waals surface area (Å²) in [5.74, 6) is -0.310. The molecule has 20 heavy (non-hydrogen) atoms. The Morgan fingerprint density at radius 2 is 2.15 bits per heavy atom. The van der Waals surface area contributed by atoms with Crippen LogP contribution in [0, 0.1) is 0 Å². The second kappa shape index (κ2) is 6.72. The number of nitrogens with one attached hydrogen (secondary N) is 3. The van der Waals surface area contributed by atoms with Gasteiger partial charge in [0.2, 0.25) is 5.91 Å². The van der Waals surface area contributed by atoms with Crippen molar-refractivity contribution in [2.75, 3.05) is 18.9 Å². The van der Waals surface area contributed by atoms with Gasteiger partial charge >= 0.3 is 0 Å². The Hall–Kier alpha value is -1.59. The second-order valence-electron chi connectivity index (χ2n) is 4.77. The third kappa shape index (κ3) is 3.49. The summed E-state index contributed by atoms with van der Waals surface area (Å²) in [5, 5.41) is 8.83. The van der Waals surface area contributed by atoms with E-state index in [0.717, 1.165) is 25.8 Å². The molecule has 1 heterocycles. The lowest BCUT2D eigenvalue weighted by atomic mass is 10.0. The molecular formula is C14H18ClN3O2. The van der Waals surface area contributed by atoms with Crippen molar-refractivity contribution in [1.29, 1.82) is 0 Å². The summed E-state index contributed by atoms with van der Waals surface area (Å²) < 4.78 is 0. The van der Waals surface area contributed by atoms with Gasteiger partial charge in [-0.3, -0.25) is 9.59 Å². The molecule has 1 aliphatic rings. The second-order valence-corrected chi connectivity index (χ2v) is 5.17. The zero-order chi connectivity index (χ0) is 14.5. The molecule has 3 N–H and O–H groups in total. The molecule has 5 nitrogen and oxygen atoms in total. The Balaban J connectivity index is 2.04. The Morgan fingerprint density at radius 1 is 1.35 bits per heavy atom. The van der Waals surface area contributed by atoms with Crippen molar-refractivity contribution < 1.29 is 9.59 Å². The van der Waals surface area contributed by atoms with E-state index in [4.69, 9.17) is 11.6 Å². The predicted molar refractivity (Wildman–Crippen MR) is 79.1 cm³/mol. The van der Waals surface area contributed by atoms with Gasteiger partial charge in [0.1, 0.15) is 0 Å². The van der Waals surface area contributed by atoms with E-state index in [0.29, 0.717) is 16.3 Å². The van der Waals surface area contributed by atoms with Crippen LogP contribution in [0.5, 0.6) is 0 Å². The number of anilines is 1. The van der Waals surface area contributed by atoms with E-state index in [2.05, 4.69) is 16.0 Å². The van der Waals surface area contributed by atoms with Crippen LogP contribution in [-0.2, 0) is 4.79 Å². The monoisotopic (exact) mass is 295 g/mol. The normalized spacial score (nSPS) is 18.4. The van der Waals surface area contributed by atoms with Crippen LogP contribution < -0.4 is 16.0 Å². The fraction of sp³-hybridized carbons (Fsp3) is 0.429. The highest BCUT2D eigenvalue weighted by Gasteiger charge is 2.20. The van der Waals surface area contributed by atoms with Crippen LogP contribution in [0.1, 0.15) is 29.6 Å². The standard InChI is InChI=1S/C14H18ClN3O2/c1-16-13(19)10-6-5-9(8-11(10)15)18-14(20)12-4-2-3-7-17-12/h5-6,8,12,17H,2-4,7H2,1H3,(H,16,19)(H,18,20). The maximum Gasteiger partial charge on any atom is 0.252 e. The largest absolute Gasteiger partial charge is 0.355 e. The fourth-order valence-electron chi connectivity index (χ4n) is 2.22. The van der Waals surface area contributed by atoms with Gasteiger partial charge in [0.15, 0.2) is 0 Å². The minimum Gasteiger partial charge on any atom is -0.355 e. The van der Waals surface area contributed by atoms with Crippen molar-refractivity contribution in [2.24, 2.45) is 0 Å². The van der Waals surface area contributed by atoms with E-state index in [-0.39, 0.29) is 17.9 Å². The predicted octanol–water partition coefficient (Wildman–Crippen LogP) is 1.78. The molecule has 1 aliphatic heterocycles. The average molecular weight is 296 g/mol. The Morgan fingerprint density at radius 3 is 2.75 bits per heavy atom. The molecule has 1 fully saturated rings. The number of benzene rings is 1. The van der Waals surface area contributed by atoms with Crippen LogP contribution in [0.3, 0.4) is 0 Å². The lowest BCUT2D eigenvalue weighted by Gasteiger charge is -2.22. The molecule has 1 saturated heterocycles. The molecule has 0 aromatic heterocycles. The van der Waals surface area contributed by atoms with E-state index >= 15 is 0 Å². The first-order valence-corrected chi connectivity index (χ1v) is 7.05. The highest BCUT2D eigenvalue weighted by molar-refractivity contribution is 6.34. The average Bonchev–Trinajstić information content (AvgIpc) is 2.47. The molecule has 2 amide bonds. The van der Waals surface area contributed by atoms with Gasteiger partial charge in [-0.05, 0) is 37.6 Å². The van der Waals surface area contributed by atoms with Gasteiger partial charge in [-0.25, -0.2) is 0 Å². The smallest absolute Gasteiger partial charge is 0.252 e. The molecule has 0 bridgehead atoms. The van der Waals surface area contributed by atoms with Crippen molar-refractivity contribution >= 4 is 29.1 Å². The summed E-state index contributed by atoms with van der Waals surface area (Å²) in [6, 6.07) is 4.72. The van der Waals surface area contributed by atoms with Crippen molar-refractivity contribution in [3.8, 4) is 0 Å². The number of carbonyl (C=O) groups excluding carboxylic acids is 2. The zero-order valence-corrected chi connectivity index (χ0v) is 12.1. The summed E-state index contributed by atoms with van der Waals surface area (Å²) in [6.07, 6.45) is 3.01. The minimum atomic E-state index is -0.248. The number of halogens is 1. The van der Waals surface area contributed by atoms with Gasteiger partial charge in [-0.1, -0.05) is 18.0 Å². The van der Waals surface area contributed by atoms with Gasteiger partial charge in [0.25, 0.3) is 5.91 Å². The first kappa shape index (κ1) is 14.8. The molecule has 1 aromatic carbocycles. The lowest BCUT2D eigenvalue weighted by molar-refractivity contribution is -0.118. The number of hydrogen-bond donors (Lipinski definition) is 3. The number of piperidine rings is 1. The molecule has 0 spiro atoms.